The Balaban J connectivity index is 2.57. The average molecular weight is 244 g/mol. The molecule has 15 heavy (non-hydrogen) atoms. The van der Waals surface area contributed by atoms with Gasteiger partial charge in [0.25, 0.3) is 0 Å². The van der Waals surface area contributed by atoms with Crippen molar-refractivity contribution in [3.8, 4) is 0 Å². The van der Waals surface area contributed by atoms with E-state index >= 15 is 0 Å². The number of rotatable bonds is 5. The molecule has 0 atom stereocenters. The molecule has 1 aromatic rings. The largest absolute Gasteiger partial charge is 0.354 e. The lowest BCUT2D eigenvalue weighted by atomic mass is 10.4. The molecule has 0 saturated carbocycles. The third-order valence-corrected chi connectivity index (χ3v) is 4.25. The van der Waals surface area contributed by atoms with Crippen LogP contribution < -0.4 is 0 Å². The maximum Gasteiger partial charge on any atom is 0.354 e. The second kappa shape index (κ2) is 6.13. The van der Waals surface area contributed by atoms with Gasteiger partial charge in [0.2, 0.25) is 0 Å². The Bertz CT molecular complexity index is 356. The van der Waals surface area contributed by atoms with Crippen molar-refractivity contribution in [1.82, 2.24) is 0 Å². The first kappa shape index (κ1) is 12.5. The van der Waals surface area contributed by atoms with Crippen molar-refractivity contribution in [2.45, 2.75) is 4.90 Å². The molecule has 1 aromatic carbocycles. The van der Waals surface area contributed by atoms with Crippen molar-refractivity contribution in [3.63, 3.8) is 0 Å². The van der Waals surface area contributed by atoms with Crippen LogP contribution in [0.1, 0.15) is 0 Å². The molecule has 3 nitrogen and oxygen atoms in total. The molecule has 0 fully saturated rings. The highest BCUT2D eigenvalue weighted by molar-refractivity contribution is 8.02. The molecule has 0 N–H and O–H groups in total. The Morgan fingerprint density at radius 2 is 1.80 bits per heavy atom. The second-order valence-corrected chi connectivity index (χ2v) is 5.71. The fourth-order valence-electron chi connectivity index (χ4n) is 0.879. The summed E-state index contributed by atoms with van der Waals surface area (Å²) in [6.07, 6.45) is 0. The summed E-state index contributed by atoms with van der Waals surface area (Å²) in [4.78, 5) is 1.08. The van der Waals surface area contributed by atoms with Crippen LogP contribution in [0.5, 0.6) is 0 Å². The zero-order chi connectivity index (χ0) is 11.1. The SMILES string of the molecule is COP(=O)(/C=C/Sc1ccccc1)OC. The van der Waals surface area contributed by atoms with E-state index < -0.39 is 7.60 Å². The lowest BCUT2D eigenvalue weighted by Crippen LogP contribution is -1.82. The molecular formula is C10H13O3PS. The van der Waals surface area contributed by atoms with E-state index in [0.717, 1.165) is 4.90 Å². The Morgan fingerprint density at radius 1 is 1.20 bits per heavy atom. The van der Waals surface area contributed by atoms with Gasteiger partial charge < -0.3 is 9.05 Å². The van der Waals surface area contributed by atoms with Crippen LogP contribution in [-0.4, -0.2) is 14.2 Å². The van der Waals surface area contributed by atoms with E-state index in [2.05, 4.69) is 0 Å². The molecular weight excluding hydrogens is 231 g/mol. The molecule has 5 heteroatoms. The van der Waals surface area contributed by atoms with Crippen molar-refractivity contribution in [2.75, 3.05) is 14.2 Å². The summed E-state index contributed by atoms with van der Waals surface area (Å²) in [5.41, 5.74) is 0. The molecule has 0 aliphatic carbocycles. The van der Waals surface area contributed by atoms with Gasteiger partial charge >= 0.3 is 7.60 Å². The van der Waals surface area contributed by atoms with E-state index in [1.54, 1.807) is 5.41 Å². The van der Waals surface area contributed by atoms with Crippen molar-refractivity contribution >= 4 is 19.4 Å². The summed E-state index contributed by atoms with van der Waals surface area (Å²) in [5, 5.41) is 1.71. The van der Waals surface area contributed by atoms with Crippen molar-refractivity contribution < 1.29 is 13.6 Å². The van der Waals surface area contributed by atoms with Crippen LogP contribution in [0.2, 0.25) is 0 Å². The number of hydrogen-bond acceptors (Lipinski definition) is 4. The van der Waals surface area contributed by atoms with E-state index in [9.17, 15) is 4.57 Å². The molecule has 82 valence electrons. The topological polar surface area (TPSA) is 35.5 Å². The average Bonchev–Trinajstić information content (AvgIpc) is 2.30. The fraction of sp³-hybridized carbons (Fsp3) is 0.200. The Labute approximate surface area is 94.0 Å². The van der Waals surface area contributed by atoms with Crippen LogP contribution in [0, 0.1) is 0 Å². The van der Waals surface area contributed by atoms with Gasteiger partial charge in [0.05, 0.1) is 0 Å². The van der Waals surface area contributed by atoms with Crippen molar-refractivity contribution in [2.24, 2.45) is 0 Å². The molecule has 0 bridgehead atoms. The second-order valence-electron chi connectivity index (χ2n) is 2.62. The summed E-state index contributed by atoms with van der Waals surface area (Å²) in [6.45, 7) is 0. The zero-order valence-corrected chi connectivity index (χ0v) is 10.3. The van der Waals surface area contributed by atoms with E-state index in [1.165, 1.54) is 31.8 Å². The highest BCUT2D eigenvalue weighted by atomic mass is 32.2. The number of thioether (sulfide) groups is 1. The van der Waals surface area contributed by atoms with Crippen LogP contribution in [0.15, 0.2) is 46.5 Å². The molecule has 0 saturated heterocycles. The van der Waals surface area contributed by atoms with Gasteiger partial charge in [-0.25, -0.2) is 0 Å². The van der Waals surface area contributed by atoms with Gasteiger partial charge in [0.15, 0.2) is 0 Å². The normalized spacial score (nSPS) is 12.1. The summed E-state index contributed by atoms with van der Waals surface area (Å²) >= 11 is 1.47. The van der Waals surface area contributed by atoms with E-state index in [-0.39, 0.29) is 0 Å². The number of benzene rings is 1. The van der Waals surface area contributed by atoms with Gasteiger partial charge in [-0.3, -0.25) is 4.57 Å². The van der Waals surface area contributed by atoms with Gasteiger partial charge in [-0.1, -0.05) is 30.0 Å². The molecule has 0 aliphatic heterocycles. The highest BCUT2D eigenvalue weighted by Crippen LogP contribution is 2.48. The standard InChI is InChI=1S/C10H13O3PS/c1-12-14(11,13-2)8-9-15-10-6-4-3-5-7-10/h3-9H,1-2H3/b9-8+. The molecule has 0 aromatic heterocycles. The molecule has 0 radical (unpaired) electrons. The van der Waals surface area contributed by atoms with Gasteiger partial charge in [0, 0.05) is 24.9 Å². The maximum absolute atomic E-state index is 11.6. The quantitative estimate of drug-likeness (QED) is 0.584. The summed E-state index contributed by atoms with van der Waals surface area (Å²) in [5.74, 6) is 1.45. The van der Waals surface area contributed by atoms with Gasteiger partial charge in [-0.2, -0.15) is 0 Å². The molecule has 0 aliphatic rings. The van der Waals surface area contributed by atoms with Crippen LogP contribution in [0.4, 0.5) is 0 Å². The highest BCUT2D eigenvalue weighted by Gasteiger charge is 2.15. The molecule has 0 spiro atoms. The molecule has 1 rings (SSSR count). The van der Waals surface area contributed by atoms with Crippen molar-refractivity contribution in [1.29, 1.82) is 0 Å². The first-order chi connectivity index (χ1) is 7.20. The molecule has 0 heterocycles. The van der Waals surface area contributed by atoms with E-state index in [4.69, 9.17) is 9.05 Å². The maximum atomic E-state index is 11.6. The van der Waals surface area contributed by atoms with Crippen LogP contribution in [-0.2, 0) is 13.6 Å². The monoisotopic (exact) mass is 244 g/mol. The summed E-state index contributed by atoms with van der Waals surface area (Å²) < 4.78 is 21.1. The fourth-order valence-corrected chi connectivity index (χ4v) is 2.58. The third kappa shape index (κ3) is 4.22. The summed E-state index contributed by atoms with van der Waals surface area (Å²) in [6, 6.07) is 9.78. The predicted molar refractivity (Wildman–Crippen MR) is 63.1 cm³/mol. The molecule has 0 unspecified atom stereocenters. The van der Waals surface area contributed by atoms with Gasteiger partial charge in [-0.05, 0) is 17.5 Å². The van der Waals surface area contributed by atoms with Gasteiger partial charge in [-0.15, -0.1) is 0 Å². The first-order valence-corrected chi connectivity index (χ1v) is 6.80. The minimum absolute atomic E-state index is 1.08. The van der Waals surface area contributed by atoms with Crippen molar-refractivity contribution in [3.05, 3.63) is 41.6 Å². The van der Waals surface area contributed by atoms with E-state index in [1.807, 2.05) is 30.3 Å². The van der Waals surface area contributed by atoms with Crippen LogP contribution in [0.25, 0.3) is 0 Å². The minimum Gasteiger partial charge on any atom is -0.309 e. The minimum atomic E-state index is -3.02. The van der Waals surface area contributed by atoms with Crippen LogP contribution >= 0.6 is 19.4 Å². The van der Waals surface area contributed by atoms with Gasteiger partial charge in [0.1, 0.15) is 0 Å². The van der Waals surface area contributed by atoms with Crippen LogP contribution in [0.3, 0.4) is 0 Å². The predicted octanol–water partition coefficient (Wildman–Crippen LogP) is 3.74. The molecule has 0 amide bonds. The Kier molecular flexibility index (Phi) is 5.12. The van der Waals surface area contributed by atoms with E-state index in [0.29, 0.717) is 0 Å². The Hall–Kier alpha value is -0.540. The summed E-state index contributed by atoms with van der Waals surface area (Å²) in [7, 11) is -0.294. The Morgan fingerprint density at radius 3 is 2.33 bits per heavy atom. The third-order valence-electron chi connectivity index (χ3n) is 1.70. The lowest BCUT2D eigenvalue weighted by molar-refractivity contribution is 0.286. The zero-order valence-electron chi connectivity index (χ0n) is 8.62. The smallest absolute Gasteiger partial charge is 0.309 e. The lowest BCUT2D eigenvalue weighted by Gasteiger charge is -2.07. The first-order valence-electron chi connectivity index (χ1n) is 4.31. The number of hydrogen-bond donors (Lipinski definition) is 0.